The van der Waals surface area contributed by atoms with E-state index in [4.69, 9.17) is 4.98 Å². The number of hydrogen-bond donors (Lipinski definition) is 1. The number of thiophene rings is 1. The van der Waals surface area contributed by atoms with E-state index >= 15 is 0 Å². The van der Waals surface area contributed by atoms with Crippen molar-refractivity contribution in [1.29, 1.82) is 0 Å². The van der Waals surface area contributed by atoms with E-state index in [1.165, 1.54) is 29.1 Å². The van der Waals surface area contributed by atoms with Gasteiger partial charge in [-0.05, 0) is 77.4 Å². The van der Waals surface area contributed by atoms with E-state index in [-0.39, 0.29) is 23.0 Å². The fraction of sp³-hybridized carbons (Fsp3) is 0.440. The molecule has 0 aliphatic heterocycles. The van der Waals surface area contributed by atoms with E-state index in [2.05, 4.69) is 10.2 Å². The van der Waals surface area contributed by atoms with Gasteiger partial charge in [0.1, 0.15) is 4.83 Å². The summed E-state index contributed by atoms with van der Waals surface area (Å²) in [5.41, 5.74) is 2.16. The van der Waals surface area contributed by atoms with Crippen molar-refractivity contribution in [1.82, 2.24) is 14.5 Å². The van der Waals surface area contributed by atoms with Gasteiger partial charge in [-0.15, -0.1) is 11.3 Å². The van der Waals surface area contributed by atoms with Gasteiger partial charge >= 0.3 is 0 Å². The molecule has 1 N–H and O–H groups in total. The normalized spacial score (nSPS) is 13.3. The van der Waals surface area contributed by atoms with Crippen molar-refractivity contribution in [3.63, 3.8) is 0 Å². The number of hydrogen-bond acceptors (Lipinski definition) is 7. The fourth-order valence-corrected chi connectivity index (χ4v) is 6.42. The lowest BCUT2D eigenvalue weighted by Gasteiger charge is -2.15. The van der Waals surface area contributed by atoms with Gasteiger partial charge < -0.3 is 10.2 Å². The van der Waals surface area contributed by atoms with Crippen molar-refractivity contribution < 1.29 is 9.59 Å². The van der Waals surface area contributed by atoms with Crippen molar-refractivity contribution >= 4 is 50.7 Å². The number of para-hydroxylation sites is 1. The Kier molecular flexibility index (Phi) is 7.85. The van der Waals surface area contributed by atoms with Crippen LogP contribution in [0.1, 0.15) is 47.0 Å². The van der Waals surface area contributed by atoms with Gasteiger partial charge in [-0.25, -0.2) is 4.98 Å². The molecule has 9 heteroatoms. The molecule has 3 aromatic rings. The Hall–Kier alpha value is -2.49. The number of aryl methyl sites for hydroxylation is 2. The van der Waals surface area contributed by atoms with Crippen LogP contribution in [-0.2, 0) is 24.2 Å². The minimum absolute atomic E-state index is 0.00740. The van der Waals surface area contributed by atoms with Gasteiger partial charge in [-0.2, -0.15) is 0 Å². The lowest BCUT2D eigenvalue weighted by atomic mass is 9.97. The Morgan fingerprint density at radius 1 is 1.21 bits per heavy atom. The lowest BCUT2D eigenvalue weighted by molar-refractivity contribution is -0.113. The number of rotatable bonds is 9. The Morgan fingerprint density at radius 2 is 1.97 bits per heavy atom. The number of amides is 1. The average molecular weight is 499 g/mol. The number of nitrogens with zero attached hydrogens (tertiary/aromatic N) is 3. The van der Waals surface area contributed by atoms with Crippen LogP contribution >= 0.6 is 23.1 Å². The number of anilines is 1. The molecule has 0 radical (unpaired) electrons. The molecule has 0 fully saturated rings. The predicted octanol–water partition coefficient (Wildman–Crippen LogP) is 4.22. The van der Waals surface area contributed by atoms with Crippen LogP contribution in [0.15, 0.2) is 34.2 Å². The second-order valence-electron chi connectivity index (χ2n) is 8.84. The standard InChI is InChI=1S/C25H30N4O3S2/c1-16(30)17-9-4-6-11-19(17)26-21(31)15-33-25-27-23-22(18-10-5-7-12-20(18)34-23)24(32)29(25)14-8-13-28(2)3/h4,6,9,11H,5,7-8,10,12-15H2,1-3H3,(H,26,31). The smallest absolute Gasteiger partial charge is 0.263 e. The highest BCUT2D eigenvalue weighted by Gasteiger charge is 2.22. The second-order valence-corrected chi connectivity index (χ2v) is 10.9. The number of benzene rings is 1. The molecule has 0 atom stereocenters. The first-order chi connectivity index (χ1) is 16.3. The van der Waals surface area contributed by atoms with Crippen LogP contribution in [0.25, 0.3) is 10.2 Å². The van der Waals surface area contributed by atoms with Crippen LogP contribution in [0.4, 0.5) is 5.69 Å². The van der Waals surface area contributed by atoms with E-state index in [1.54, 1.807) is 40.2 Å². The maximum atomic E-state index is 13.6. The van der Waals surface area contributed by atoms with E-state index in [1.807, 2.05) is 14.1 Å². The number of Topliss-reactive ketones (excluding diaryl/α,β-unsaturated/α-hetero) is 1. The van der Waals surface area contributed by atoms with Crippen molar-refractivity contribution in [2.75, 3.05) is 31.7 Å². The van der Waals surface area contributed by atoms with Crippen molar-refractivity contribution in [3.8, 4) is 0 Å². The van der Waals surface area contributed by atoms with Gasteiger partial charge in [0.15, 0.2) is 10.9 Å². The highest BCUT2D eigenvalue weighted by molar-refractivity contribution is 7.99. The predicted molar refractivity (Wildman–Crippen MR) is 139 cm³/mol. The quantitative estimate of drug-likeness (QED) is 0.270. The zero-order valence-electron chi connectivity index (χ0n) is 19.8. The monoisotopic (exact) mass is 498 g/mol. The number of thioether (sulfide) groups is 1. The SMILES string of the molecule is CC(=O)c1ccccc1NC(=O)CSc1nc2sc3c(c2c(=O)n1CCCN(C)C)CCCC3. The molecule has 0 saturated heterocycles. The molecule has 1 aliphatic carbocycles. The zero-order chi connectivity index (χ0) is 24.2. The third kappa shape index (κ3) is 5.42. The largest absolute Gasteiger partial charge is 0.325 e. The highest BCUT2D eigenvalue weighted by Crippen LogP contribution is 2.34. The molecule has 1 aromatic carbocycles. The number of aromatic nitrogens is 2. The van der Waals surface area contributed by atoms with Crippen LogP contribution in [0, 0.1) is 0 Å². The molecular formula is C25H30N4O3S2. The van der Waals surface area contributed by atoms with Gasteiger partial charge in [0.05, 0.1) is 16.8 Å². The minimum atomic E-state index is -0.238. The average Bonchev–Trinajstić information content (AvgIpc) is 3.18. The third-order valence-electron chi connectivity index (χ3n) is 5.94. The van der Waals surface area contributed by atoms with Crippen molar-refractivity contribution in [2.45, 2.75) is 50.7 Å². The first-order valence-corrected chi connectivity index (χ1v) is 13.4. The molecule has 0 spiro atoms. The summed E-state index contributed by atoms with van der Waals surface area (Å²) in [6, 6.07) is 6.97. The number of carbonyl (C=O) groups is 2. The van der Waals surface area contributed by atoms with Crippen molar-refractivity contribution in [2.24, 2.45) is 0 Å². The maximum absolute atomic E-state index is 13.6. The summed E-state index contributed by atoms with van der Waals surface area (Å²) in [5, 5.41) is 4.18. The number of ketones is 1. The summed E-state index contributed by atoms with van der Waals surface area (Å²) in [6.45, 7) is 2.90. The van der Waals surface area contributed by atoms with Crippen molar-refractivity contribution in [3.05, 3.63) is 50.6 Å². The molecule has 0 unspecified atom stereocenters. The first kappa shape index (κ1) is 24.6. The first-order valence-electron chi connectivity index (χ1n) is 11.6. The summed E-state index contributed by atoms with van der Waals surface area (Å²) < 4.78 is 1.74. The number of fused-ring (bicyclic) bond motifs is 3. The van der Waals surface area contributed by atoms with Crippen LogP contribution in [0.3, 0.4) is 0 Å². The number of nitrogens with one attached hydrogen (secondary N) is 1. The zero-order valence-corrected chi connectivity index (χ0v) is 21.5. The van der Waals surface area contributed by atoms with Crippen LogP contribution < -0.4 is 10.9 Å². The molecule has 34 heavy (non-hydrogen) atoms. The molecule has 1 aliphatic rings. The molecular weight excluding hydrogens is 468 g/mol. The second kappa shape index (κ2) is 10.8. The summed E-state index contributed by atoms with van der Waals surface area (Å²) in [7, 11) is 4.02. The Labute approximate surface area is 207 Å². The fourth-order valence-electron chi connectivity index (χ4n) is 4.29. The summed E-state index contributed by atoms with van der Waals surface area (Å²) in [5.74, 6) is -0.242. The van der Waals surface area contributed by atoms with Gasteiger partial charge in [0, 0.05) is 17.0 Å². The van der Waals surface area contributed by atoms with E-state index in [9.17, 15) is 14.4 Å². The lowest BCUT2D eigenvalue weighted by Crippen LogP contribution is -2.26. The van der Waals surface area contributed by atoms with E-state index < -0.39 is 0 Å². The molecule has 0 bridgehead atoms. The Balaban J connectivity index is 1.59. The van der Waals surface area contributed by atoms with E-state index in [0.717, 1.165) is 48.9 Å². The summed E-state index contributed by atoms with van der Waals surface area (Å²) in [6.07, 6.45) is 5.03. The van der Waals surface area contributed by atoms with Crippen LogP contribution in [0.5, 0.6) is 0 Å². The van der Waals surface area contributed by atoms with Crippen LogP contribution in [0.2, 0.25) is 0 Å². The molecule has 180 valence electrons. The Bertz CT molecular complexity index is 1280. The van der Waals surface area contributed by atoms with E-state index in [0.29, 0.717) is 23.0 Å². The third-order valence-corrected chi connectivity index (χ3v) is 8.10. The van der Waals surface area contributed by atoms with Gasteiger partial charge in [0.2, 0.25) is 5.91 Å². The topological polar surface area (TPSA) is 84.3 Å². The molecule has 0 saturated carbocycles. The maximum Gasteiger partial charge on any atom is 0.263 e. The molecule has 2 heterocycles. The minimum Gasteiger partial charge on any atom is -0.325 e. The van der Waals surface area contributed by atoms with Crippen LogP contribution in [-0.4, -0.2) is 52.5 Å². The summed E-state index contributed by atoms with van der Waals surface area (Å²) in [4.78, 5) is 47.2. The van der Waals surface area contributed by atoms with Gasteiger partial charge in [-0.1, -0.05) is 23.9 Å². The molecule has 4 rings (SSSR count). The Morgan fingerprint density at radius 3 is 2.74 bits per heavy atom. The van der Waals surface area contributed by atoms with Gasteiger partial charge in [-0.3, -0.25) is 19.0 Å². The summed E-state index contributed by atoms with van der Waals surface area (Å²) >= 11 is 2.89. The molecule has 1 amide bonds. The highest BCUT2D eigenvalue weighted by atomic mass is 32.2. The molecule has 7 nitrogen and oxygen atoms in total. The van der Waals surface area contributed by atoms with Gasteiger partial charge in [0.25, 0.3) is 5.56 Å². The molecule has 2 aromatic heterocycles. The number of carbonyl (C=O) groups excluding carboxylic acids is 2.